The molecule has 2 rings (SSSR count). The van der Waals surface area contributed by atoms with E-state index in [9.17, 15) is 8.42 Å². The second kappa shape index (κ2) is 5.74. The molecule has 0 N–H and O–H groups in total. The summed E-state index contributed by atoms with van der Waals surface area (Å²) in [6, 6.07) is 0. The summed E-state index contributed by atoms with van der Waals surface area (Å²) in [5, 5.41) is 11.5. The first-order valence-corrected chi connectivity index (χ1v) is 9.12. The summed E-state index contributed by atoms with van der Waals surface area (Å²) in [5.74, 6) is 0.664. The van der Waals surface area contributed by atoms with E-state index in [0.717, 1.165) is 10.6 Å². The molecule has 110 valence electrons. The van der Waals surface area contributed by atoms with Crippen molar-refractivity contribution in [2.45, 2.75) is 38.9 Å². The molecule has 0 aromatic carbocycles. The zero-order valence-corrected chi connectivity index (χ0v) is 13.6. The van der Waals surface area contributed by atoms with Gasteiger partial charge in [-0.2, -0.15) is 0 Å². The Morgan fingerprint density at radius 2 is 2.00 bits per heavy atom. The molecule has 0 aliphatic carbocycles. The molecule has 20 heavy (non-hydrogen) atoms. The standard InChI is InChI=1S/C10H14ClN5O2S2/c1-4-7-8(19-15-12-7)9-13-14-10(20(11,17)18)16(9)5-6(2)3/h6H,4-5H2,1-3H3. The summed E-state index contributed by atoms with van der Waals surface area (Å²) in [6.45, 7) is 6.34. The molecule has 10 heteroatoms. The molecule has 7 nitrogen and oxygen atoms in total. The number of hydrogen-bond acceptors (Lipinski definition) is 7. The fourth-order valence-corrected chi connectivity index (χ4v) is 3.43. The third kappa shape index (κ3) is 2.99. The molecule has 0 amide bonds. The molecular formula is C10H14ClN5O2S2. The lowest BCUT2D eigenvalue weighted by Crippen LogP contribution is -2.12. The van der Waals surface area contributed by atoms with Gasteiger partial charge in [-0.1, -0.05) is 25.3 Å². The summed E-state index contributed by atoms with van der Waals surface area (Å²) in [7, 11) is 1.47. The van der Waals surface area contributed by atoms with E-state index < -0.39 is 9.05 Å². The molecule has 0 unspecified atom stereocenters. The van der Waals surface area contributed by atoms with Crippen LogP contribution in [0.2, 0.25) is 0 Å². The Morgan fingerprint density at radius 1 is 1.30 bits per heavy atom. The summed E-state index contributed by atoms with van der Waals surface area (Å²) in [4.78, 5) is 0.729. The highest BCUT2D eigenvalue weighted by Gasteiger charge is 2.26. The maximum absolute atomic E-state index is 11.6. The Balaban J connectivity index is 2.62. The van der Waals surface area contributed by atoms with E-state index in [-0.39, 0.29) is 11.1 Å². The predicted molar refractivity (Wildman–Crippen MR) is 76.2 cm³/mol. The molecule has 0 aliphatic heterocycles. The van der Waals surface area contributed by atoms with Crippen molar-refractivity contribution >= 4 is 31.3 Å². The van der Waals surface area contributed by atoms with Gasteiger partial charge in [0.2, 0.25) is 0 Å². The molecule has 2 heterocycles. The van der Waals surface area contributed by atoms with Crippen LogP contribution in [0.5, 0.6) is 0 Å². The van der Waals surface area contributed by atoms with Crippen molar-refractivity contribution in [3.63, 3.8) is 0 Å². The predicted octanol–water partition coefficient (Wildman–Crippen LogP) is 1.94. The van der Waals surface area contributed by atoms with Gasteiger partial charge in [-0.3, -0.25) is 4.57 Å². The van der Waals surface area contributed by atoms with E-state index >= 15 is 0 Å². The van der Waals surface area contributed by atoms with Crippen molar-refractivity contribution < 1.29 is 8.42 Å². The smallest absolute Gasteiger partial charge is 0.296 e. The van der Waals surface area contributed by atoms with Crippen molar-refractivity contribution in [3.05, 3.63) is 5.69 Å². The zero-order chi connectivity index (χ0) is 14.9. The van der Waals surface area contributed by atoms with Crippen LogP contribution in [0.4, 0.5) is 0 Å². The topological polar surface area (TPSA) is 90.6 Å². The highest BCUT2D eigenvalue weighted by atomic mass is 35.7. The van der Waals surface area contributed by atoms with Gasteiger partial charge in [0.15, 0.2) is 5.82 Å². The molecule has 0 bridgehead atoms. The van der Waals surface area contributed by atoms with Gasteiger partial charge >= 0.3 is 0 Å². The lowest BCUT2D eigenvalue weighted by molar-refractivity contribution is 0.489. The van der Waals surface area contributed by atoms with Crippen LogP contribution in [-0.4, -0.2) is 32.8 Å². The van der Waals surface area contributed by atoms with Crippen LogP contribution >= 0.6 is 22.2 Å². The number of aromatic nitrogens is 5. The van der Waals surface area contributed by atoms with Gasteiger partial charge < -0.3 is 0 Å². The number of halogens is 1. The fraction of sp³-hybridized carbons (Fsp3) is 0.600. The molecule has 0 saturated heterocycles. The average Bonchev–Trinajstić information content (AvgIpc) is 2.92. The Labute approximate surface area is 125 Å². The first kappa shape index (κ1) is 15.3. The van der Waals surface area contributed by atoms with Gasteiger partial charge in [-0.15, -0.1) is 15.3 Å². The lowest BCUT2D eigenvalue weighted by atomic mass is 10.2. The molecule has 0 fully saturated rings. The van der Waals surface area contributed by atoms with Gasteiger partial charge in [0.1, 0.15) is 4.88 Å². The monoisotopic (exact) mass is 335 g/mol. The van der Waals surface area contributed by atoms with Crippen LogP contribution in [0.25, 0.3) is 10.7 Å². The Morgan fingerprint density at radius 3 is 2.55 bits per heavy atom. The third-order valence-electron chi connectivity index (χ3n) is 2.58. The Kier molecular flexibility index (Phi) is 4.40. The van der Waals surface area contributed by atoms with E-state index in [2.05, 4.69) is 19.8 Å². The minimum absolute atomic E-state index is 0.216. The Hall–Kier alpha value is -1.06. The molecule has 0 atom stereocenters. The largest absolute Gasteiger partial charge is 0.296 e. The van der Waals surface area contributed by atoms with Gasteiger partial charge in [0.25, 0.3) is 14.2 Å². The molecule has 0 radical (unpaired) electrons. The number of rotatable bonds is 5. The average molecular weight is 336 g/mol. The number of aryl methyl sites for hydroxylation is 1. The van der Waals surface area contributed by atoms with Crippen molar-refractivity contribution in [3.8, 4) is 10.7 Å². The minimum atomic E-state index is -3.94. The summed E-state index contributed by atoms with van der Waals surface area (Å²) in [5.41, 5.74) is 0.769. The fourth-order valence-electron chi connectivity index (χ4n) is 1.78. The summed E-state index contributed by atoms with van der Waals surface area (Å²) in [6.07, 6.45) is 0.684. The maximum Gasteiger partial charge on any atom is 0.296 e. The van der Waals surface area contributed by atoms with Crippen LogP contribution in [-0.2, 0) is 22.0 Å². The van der Waals surface area contributed by atoms with Gasteiger partial charge in [-0.25, -0.2) is 8.42 Å². The van der Waals surface area contributed by atoms with E-state index in [0.29, 0.717) is 18.8 Å². The molecule has 0 saturated carbocycles. The first-order chi connectivity index (χ1) is 9.34. The second-order valence-electron chi connectivity index (χ2n) is 4.65. The van der Waals surface area contributed by atoms with E-state index in [4.69, 9.17) is 10.7 Å². The third-order valence-corrected chi connectivity index (χ3v) is 4.49. The summed E-state index contributed by atoms with van der Waals surface area (Å²) >= 11 is 1.17. The van der Waals surface area contributed by atoms with Gasteiger partial charge in [0, 0.05) is 17.2 Å². The van der Waals surface area contributed by atoms with Crippen LogP contribution < -0.4 is 0 Å². The molecule has 2 aromatic rings. The zero-order valence-electron chi connectivity index (χ0n) is 11.2. The number of hydrogen-bond donors (Lipinski definition) is 0. The lowest BCUT2D eigenvalue weighted by Gasteiger charge is -2.10. The molecule has 0 aliphatic rings. The molecule has 2 aromatic heterocycles. The van der Waals surface area contributed by atoms with E-state index in [1.165, 1.54) is 16.1 Å². The van der Waals surface area contributed by atoms with Gasteiger partial charge in [0.05, 0.1) is 5.69 Å². The van der Waals surface area contributed by atoms with Gasteiger partial charge in [-0.05, 0) is 23.9 Å². The quantitative estimate of drug-likeness (QED) is 0.775. The van der Waals surface area contributed by atoms with E-state index in [1.54, 1.807) is 0 Å². The minimum Gasteiger partial charge on any atom is -0.296 e. The second-order valence-corrected chi connectivity index (χ2v) is 7.86. The normalized spacial score (nSPS) is 12.2. The van der Waals surface area contributed by atoms with Crippen LogP contribution in [0.3, 0.4) is 0 Å². The van der Waals surface area contributed by atoms with Crippen molar-refractivity contribution in [1.82, 2.24) is 24.4 Å². The Bertz CT molecular complexity index is 707. The number of nitrogens with zero attached hydrogens (tertiary/aromatic N) is 5. The SMILES string of the molecule is CCc1nnsc1-c1nnc(S(=O)(=O)Cl)n1CC(C)C. The highest BCUT2D eigenvalue weighted by Crippen LogP contribution is 2.28. The van der Waals surface area contributed by atoms with Crippen LogP contribution in [0, 0.1) is 5.92 Å². The van der Waals surface area contributed by atoms with Crippen molar-refractivity contribution in [2.75, 3.05) is 0 Å². The van der Waals surface area contributed by atoms with Crippen LogP contribution in [0.15, 0.2) is 5.16 Å². The van der Waals surface area contributed by atoms with Crippen molar-refractivity contribution in [1.29, 1.82) is 0 Å². The van der Waals surface area contributed by atoms with Crippen molar-refractivity contribution in [2.24, 2.45) is 5.92 Å². The maximum atomic E-state index is 11.6. The van der Waals surface area contributed by atoms with Crippen LogP contribution in [0.1, 0.15) is 26.5 Å². The molecule has 0 spiro atoms. The highest BCUT2D eigenvalue weighted by molar-refractivity contribution is 8.13. The summed E-state index contributed by atoms with van der Waals surface area (Å²) < 4.78 is 28.6. The molecular weight excluding hydrogens is 322 g/mol. The first-order valence-electron chi connectivity index (χ1n) is 6.04. The van der Waals surface area contributed by atoms with E-state index in [1.807, 2.05) is 20.8 Å².